The Bertz CT molecular complexity index is 819. The summed E-state index contributed by atoms with van der Waals surface area (Å²) in [7, 11) is 0. The van der Waals surface area contributed by atoms with Gasteiger partial charge in [-0.25, -0.2) is 0 Å². The van der Waals surface area contributed by atoms with Crippen molar-refractivity contribution in [2.45, 2.75) is 33.1 Å². The van der Waals surface area contributed by atoms with Gasteiger partial charge in [0.15, 0.2) is 0 Å². The highest BCUT2D eigenvalue weighted by Gasteiger charge is 2.23. The van der Waals surface area contributed by atoms with Crippen molar-refractivity contribution in [3.63, 3.8) is 0 Å². The van der Waals surface area contributed by atoms with E-state index in [9.17, 15) is 4.79 Å². The van der Waals surface area contributed by atoms with E-state index >= 15 is 0 Å². The predicted molar refractivity (Wildman–Crippen MR) is 120 cm³/mol. The zero-order chi connectivity index (χ0) is 21.3. The molecule has 30 heavy (non-hydrogen) atoms. The summed E-state index contributed by atoms with van der Waals surface area (Å²) in [5.74, 6) is 1.12. The number of morpholine rings is 1. The lowest BCUT2D eigenvalue weighted by Gasteiger charge is -2.31. The van der Waals surface area contributed by atoms with Gasteiger partial charge in [-0.2, -0.15) is 0 Å². The third-order valence-electron chi connectivity index (χ3n) is 5.20. The maximum atomic E-state index is 13.1. The maximum absolute atomic E-state index is 13.1. The minimum absolute atomic E-state index is 0.0498. The number of hydrogen-bond acceptors (Lipinski definition) is 5. The van der Waals surface area contributed by atoms with E-state index in [0.29, 0.717) is 44.3 Å². The second-order valence-corrected chi connectivity index (χ2v) is 7.14. The lowest BCUT2D eigenvalue weighted by Crippen LogP contribution is -2.36. The number of anilines is 2. The highest BCUT2D eigenvalue weighted by molar-refractivity contribution is 5.97. The number of carbonyl (C=O) groups is 1. The first kappa shape index (κ1) is 22.0. The number of rotatable bonds is 9. The van der Waals surface area contributed by atoms with Crippen LogP contribution < -0.4 is 19.7 Å². The van der Waals surface area contributed by atoms with Crippen LogP contribution in [0.5, 0.6) is 11.5 Å². The van der Waals surface area contributed by atoms with Crippen molar-refractivity contribution >= 4 is 17.3 Å². The molecule has 0 aliphatic carbocycles. The van der Waals surface area contributed by atoms with Gasteiger partial charge in [0.2, 0.25) is 5.91 Å². The Morgan fingerprint density at radius 2 is 1.70 bits per heavy atom. The highest BCUT2D eigenvalue weighted by atomic mass is 16.5. The summed E-state index contributed by atoms with van der Waals surface area (Å²) >= 11 is 0. The van der Waals surface area contributed by atoms with Crippen LogP contribution in [-0.2, 0) is 9.53 Å². The van der Waals surface area contributed by atoms with Crippen LogP contribution in [0.2, 0.25) is 0 Å². The van der Waals surface area contributed by atoms with E-state index in [-0.39, 0.29) is 11.8 Å². The van der Waals surface area contributed by atoms with E-state index in [1.54, 1.807) is 0 Å². The Morgan fingerprint density at radius 1 is 1.03 bits per heavy atom. The molecule has 0 spiro atoms. The summed E-state index contributed by atoms with van der Waals surface area (Å²) in [5, 5.41) is 3.09. The number of hydrogen-bond donors (Lipinski definition) is 1. The molecule has 1 atom stereocenters. The molecule has 0 aromatic heterocycles. The van der Waals surface area contributed by atoms with Crippen LogP contribution in [0.4, 0.5) is 11.4 Å². The van der Waals surface area contributed by atoms with Gasteiger partial charge in [0.1, 0.15) is 11.5 Å². The SMILES string of the molecule is CCOc1cc(N2CCOCC2)c(OCC)cc1NC(=O)C(CC)c1ccccc1. The van der Waals surface area contributed by atoms with Gasteiger partial charge in [-0.15, -0.1) is 0 Å². The molecule has 1 aliphatic heterocycles. The fourth-order valence-electron chi connectivity index (χ4n) is 3.72. The van der Waals surface area contributed by atoms with E-state index in [4.69, 9.17) is 14.2 Å². The molecular formula is C24H32N2O4. The van der Waals surface area contributed by atoms with Crippen LogP contribution in [-0.4, -0.2) is 45.4 Å². The van der Waals surface area contributed by atoms with Crippen molar-refractivity contribution in [2.24, 2.45) is 0 Å². The normalized spacial score (nSPS) is 14.8. The van der Waals surface area contributed by atoms with Crippen molar-refractivity contribution < 1.29 is 19.0 Å². The van der Waals surface area contributed by atoms with E-state index in [1.165, 1.54) is 0 Å². The molecule has 6 heteroatoms. The molecule has 1 aliphatic rings. The van der Waals surface area contributed by atoms with Gasteiger partial charge < -0.3 is 24.4 Å². The molecule has 1 fully saturated rings. The molecule has 0 saturated carbocycles. The zero-order valence-corrected chi connectivity index (χ0v) is 18.1. The largest absolute Gasteiger partial charge is 0.492 e. The van der Waals surface area contributed by atoms with Crippen LogP contribution >= 0.6 is 0 Å². The smallest absolute Gasteiger partial charge is 0.232 e. The summed E-state index contributed by atoms with van der Waals surface area (Å²) in [6.45, 7) is 9.93. The second-order valence-electron chi connectivity index (χ2n) is 7.14. The monoisotopic (exact) mass is 412 g/mol. The van der Waals surface area contributed by atoms with Crippen LogP contribution in [0.25, 0.3) is 0 Å². The standard InChI is InChI=1S/C24H32N2O4/c1-4-19(18-10-8-7-9-11-18)24(27)25-20-16-23(30-6-3)21(17-22(20)29-5-2)26-12-14-28-15-13-26/h7-11,16-17,19H,4-6,12-15H2,1-3H3,(H,25,27). The Morgan fingerprint density at radius 3 is 2.33 bits per heavy atom. The fourth-order valence-corrected chi connectivity index (χ4v) is 3.72. The van der Waals surface area contributed by atoms with E-state index in [1.807, 2.05) is 63.2 Å². The van der Waals surface area contributed by atoms with Crippen molar-refractivity contribution in [1.29, 1.82) is 0 Å². The molecule has 1 unspecified atom stereocenters. The fraction of sp³-hybridized carbons (Fsp3) is 0.458. The minimum atomic E-state index is -0.227. The van der Waals surface area contributed by atoms with E-state index in [2.05, 4.69) is 10.2 Å². The molecule has 1 amide bonds. The molecule has 2 aromatic carbocycles. The molecule has 1 saturated heterocycles. The number of nitrogens with one attached hydrogen (secondary N) is 1. The highest BCUT2D eigenvalue weighted by Crippen LogP contribution is 2.40. The van der Waals surface area contributed by atoms with E-state index < -0.39 is 0 Å². The molecule has 2 aromatic rings. The number of amides is 1. The summed E-state index contributed by atoms with van der Waals surface area (Å²) in [5.41, 5.74) is 2.61. The maximum Gasteiger partial charge on any atom is 0.232 e. The molecule has 0 bridgehead atoms. The van der Waals surface area contributed by atoms with Gasteiger partial charge in [0.25, 0.3) is 0 Å². The molecule has 3 rings (SSSR count). The average molecular weight is 413 g/mol. The molecule has 6 nitrogen and oxygen atoms in total. The van der Waals surface area contributed by atoms with Gasteiger partial charge >= 0.3 is 0 Å². The first-order valence-electron chi connectivity index (χ1n) is 10.8. The third kappa shape index (κ3) is 5.25. The molecular weight excluding hydrogens is 380 g/mol. The number of carbonyl (C=O) groups excluding carboxylic acids is 1. The quantitative estimate of drug-likeness (QED) is 0.659. The molecule has 0 radical (unpaired) electrons. The Balaban J connectivity index is 1.92. The zero-order valence-electron chi connectivity index (χ0n) is 18.1. The molecule has 1 heterocycles. The topological polar surface area (TPSA) is 60.0 Å². The van der Waals surface area contributed by atoms with Crippen LogP contribution in [0.1, 0.15) is 38.7 Å². The van der Waals surface area contributed by atoms with Gasteiger partial charge in [-0.3, -0.25) is 4.79 Å². The van der Waals surface area contributed by atoms with Gasteiger partial charge in [0.05, 0.1) is 43.7 Å². The van der Waals surface area contributed by atoms with Crippen molar-refractivity contribution in [3.8, 4) is 11.5 Å². The van der Waals surface area contributed by atoms with Crippen LogP contribution in [0.15, 0.2) is 42.5 Å². The predicted octanol–water partition coefficient (Wildman–Crippen LogP) is 4.45. The Labute approximate surface area is 179 Å². The minimum Gasteiger partial charge on any atom is -0.492 e. The van der Waals surface area contributed by atoms with Crippen molar-refractivity contribution in [3.05, 3.63) is 48.0 Å². The van der Waals surface area contributed by atoms with Crippen molar-refractivity contribution in [1.82, 2.24) is 0 Å². The van der Waals surface area contributed by atoms with Crippen LogP contribution in [0.3, 0.4) is 0 Å². The van der Waals surface area contributed by atoms with Gasteiger partial charge in [0, 0.05) is 25.2 Å². The number of benzene rings is 2. The first-order valence-corrected chi connectivity index (χ1v) is 10.8. The summed E-state index contributed by atoms with van der Waals surface area (Å²) < 4.78 is 17.3. The summed E-state index contributed by atoms with van der Waals surface area (Å²) in [6, 6.07) is 13.7. The Kier molecular flexibility index (Phi) is 7.97. The molecule has 1 N–H and O–H groups in total. The van der Waals surface area contributed by atoms with E-state index in [0.717, 1.165) is 30.1 Å². The summed E-state index contributed by atoms with van der Waals surface area (Å²) in [6.07, 6.45) is 0.712. The van der Waals surface area contributed by atoms with Gasteiger partial charge in [-0.05, 0) is 25.8 Å². The lowest BCUT2D eigenvalue weighted by atomic mass is 9.95. The second kappa shape index (κ2) is 10.9. The average Bonchev–Trinajstić information content (AvgIpc) is 2.77. The number of ether oxygens (including phenoxy) is 3. The lowest BCUT2D eigenvalue weighted by molar-refractivity contribution is -0.117. The number of nitrogens with zero attached hydrogens (tertiary/aromatic N) is 1. The summed E-state index contributed by atoms with van der Waals surface area (Å²) in [4.78, 5) is 15.4. The Hall–Kier alpha value is -2.73. The van der Waals surface area contributed by atoms with Gasteiger partial charge in [-0.1, -0.05) is 37.3 Å². The molecule has 162 valence electrons. The van der Waals surface area contributed by atoms with Crippen LogP contribution in [0, 0.1) is 0 Å². The van der Waals surface area contributed by atoms with Crippen molar-refractivity contribution in [2.75, 3.05) is 49.7 Å². The first-order chi connectivity index (χ1) is 14.7. The third-order valence-corrected chi connectivity index (χ3v) is 5.20.